The number of hydrogen-bond acceptors (Lipinski definition) is 3. The molecule has 0 aromatic carbocycles. The Bertz CT molecular complexity index is 488. The van der Waals surface area contributed by atoms with E-state index in [1.165, 1.54) is 4.90 Å². The molecule has 1 aliphatic rings. The molecule has 7 heteroatoms. The summed E-state index contributed by atoms with van der Waals surface area (Å²) >= 11 is 0. The van der Waals surface area contributed by atoms with Crippen LogP contribution in [0, 0.1) is 5.92 Å². The molecule has 0 spiro atoms. The Morgan fingerprint density at radius 2 is 2.30 bits per heavy atom. The van der Waals surface area contributed by atoms with E-state index < -0.39 is 30.8 Å². The molecule has 0 aliphatic carbocycles. The molecule has 1 saturated heterocycles. The number of likely N-dealkylation sites (tertiary alicyclic amines) is 1. The molecule has 1 fully saturated rings. The maximum absolute atomic E-state index is 13.6. The van der Waals surface area contributed by atoms with Crippen molar-refractivity contribution >= 4 is 5.97 Å². The van der Waals surface area contributed by atoms with Crippen LogP contribution in [-0.4, -0.2) is 44.5 Å². The summed E-state index contributed by atoms with van der Waals surface area (Å²) in [6.07, 6.45) is 2.72. The van der Waals surface area contributed by atoms with E-state index in [9.17, 15) is 13.6 Å². The number of halogens is 2. The number of hydrogen-bond donors (Lipinski definition) is 1. The van der Waals surface area contributed by atoms with Crippen molar-refractivity contribution in [3.8, 4) is 0 Å². The molecule has 20 heavy (non-hydrogen) atoms. The topological polar surface area (TPSA) is 58.4 Å². The smallest absolute Gasteiger partial charge is 0.308 e. The van der Waals surface area contributed by atoms with E-state index in [0.717, 1.165) is 5.69 Å². The van der Waals surface area contributed by atoms with Gasteiger partial charge in [0, 0.05) is 31.7 Å². The molecule has 1 aromatic heterocycles. The number of rotatable bonds is 4. The Morgan fingerprint density at radius 1 is 1.60 bits per heavy atom. The van der Waals surface area contributed by atoms with E-state index in [1.807, 2.05) is 18.4 Å². The Morgan fingerprint density at radius 3 is 2.90 bits per heavy atom. The number of aromatic nitrogens is 2. The molecule has 5 nitrogen and oxygen atoms in total. The van der Waals surface area contributed by atoms with Crippen LogP contribution in [-0.2, 0) is 11.3 Å². The van der Waals surface area contributed by atoms with Gasteiger partial charge in [-0.25, -0.2) is 13.8 Å². The molecule has 2 rings (SSSR count). The van der Waals surface area contributed by atoms with Crippen LogP contribution in [0.1, 0.15) is 32.0 Å². The lowest BCUT2D eigenvalue weighted by Crippen LogP contribution is -2.48. The van der Waals surface area contributed by atoms with Crippen molar-refractivity contribution in [2.45, 2.75) is 38.8 Å². The first-order valence-corrected chi connectivity index (χ1v) is 6.62. The molecule has 1 aromatic rings. The Labute approximate surface area is 116 Å². The fourth-order valence-electron chi connectivity index (χ4n) is 2.63. The molecule has 112 valence electrons. The fraction of sp³-hybridized carbons (Fsp3) is 0.692. The highest BCUT2D eigenvalue weighted by Crippen LogP contribution is 2.31. The predicted octanol–water partition coefficient (Wildman–Crippen LogP) is 2.01. The second kappa shape index (κ2) is 5.47. The van der Waals surface area contributed by atoms with Crippen molar-refractivity contribution in [2.75, 3.05) is 13.1 Å². The average Bonchev–Trinajstić information content (AvgIpc) is 2.74. The van der Waals surface area contributed by atoms with Crippen LogP contribution in [0.3, 0.4) is 0 Å². The van der Waals surface area contributed by atoms with Gasteiger partial charge in [-0.05, 0) is 13.8 Å². The SMILES string of the molecule is CC(C)n1cncc1CN1CC(C(=O)O)CC(F)(F)C1. The highest BCUT2D eigenvalue weighted by molar-refractivity contribution is 5.70. The van der Waals surface area contributed by atoms with Crippen LogP contribution in [0.4, 0.5) is 8.78 Å². The van der Waals surface area contributed by atoms with Crippen molar-refractivity contribution in [1.82, 2.24) is 14.5 Å². The summed E-state index contributed by atoms with van der Waals surface area (Å²) in [5.74, 6) is -5.13. The Hall–Kier alpha value is -1.50. The van der Waals surface area contributed by atoms with E-state index in [4.69, 9.17) is 5.11 Å². The highest BCUT2D eigenvalue weighted by atomic mass is 19.3. The minimum atomic E-state index is -2.95. The number of alkyl halides is 2. The molecule has 1 unspecified atom stereocenters. The van der Waals surface area contributed by atoms with Gasteiger partial charge in [0.05, 0.1) is 24.5 Å². The first kappa shape index (κ1) is 14.9. The third-order valence-electron chi connectivity index (χ3n) is 3.52. The second-order valence-corrected chi connectivity index (χ2v) is 5.65. The molecule has 1 aliphatic heterocycles. The van der Waals surface area contributed by atoms with Crippen LogP contribution in [0.15, 0.2) is 12.5 Å². The van der Waals surface area contributed by atoms with Crippen molar-refractivity contribution in [2.24, 2.45) is 5.92 Å². The van der Waals surface area contributed by atoms with Crippen LogP contribution in [0.5, 0.6) is 0 Å². The first-order valence-electron chi connectivity index (χ1n) is 6.62. The van der Waals surface area contributed by atoms with E-state index in [0.29, 0.717) is 0 Å². The summed E-state index contributed by atoms with van der Waals surface area (Å²) in [6.45, 7) is 4.00. The minimum Gasteiger partial charge on any atom is -0.481 e. The number of nitrogens with zero attached hydrogens (tertiary/aromatic N) is 3. The second-order valence-electron chi connectivity index (χ2n) is 5.65. The lowest BCUT2D eigenvalue weighted by molar-refractivity contribution is -0.153. The van der Waals surface area contributed by atoms with Crippen LogP contribution in [0.2, 0.25) is 0 Å². The van der Waals surface area contributed by atoms with Gasteiger partial charge < -0.3 is 9.67 Å². The van der Waals surface area contributed by atoms with Crippen LogP contribution >= 0.6 is 0 Å². The molecule has 0 amide bonds. The van der Waals surface area contributed by atoms with Crippen molar-refractivity contribution in [3.63, 3.8) is 0 Å². The summed E-state index contributed by atoms with van der Waals surface area (Å²) in [7, 11) is 0. The zero-order valence-electron chi connectivity index (χ0n) is 11.6. The molecule has 0 bridgehead atoms. The molecule has 0 saturated carbocycles. The van der Waals surface area contributed by atoms with Crippen molar-refractivity contribution < 1.29 is 18.7 Å². The van der Waals surface area contributed by atoms with E-state index in [2.05, 4.69) is 4.98 Å². The van der Waals surface area contributed by atoms with E-state index >= 15 is 0 Å². The van der Waals surface area contributed by atoms with E-state index in [-0.39, 0.29) is 19.1 Å². The standard InChI is InChI=1S/C13H19F2N3O2/c1-9(2)18-8-16-4-11(18)6-17-5-10(12(19)20)3-13(14,15)7-17/h4,8-10H,3,5-7H2,1-2H3,(H,19,20). The Balaban J connectivity index is 2.11. The van der Waals surface area contributed by atoms with Gasteiger partial charge in [0.2, 0.25) is 0 Å². The summed E-state index contributed by atoms with van der Waals surface area (Å²) in [4.78, 5) is 16.5. The van der Waals surface area contributed by atoms with Gasteiger partial charge in [-0.2, -0.15) is 0 Å². The fourth-order valence-corrected chi connectivity index (χ4v) is 2.63. The number of imidazole rings is 1. The number of aliphatic carboxylic acids is 1. The van der Waals surface area contributed by atoms with Crippen molar-refractivity contribution in [3.05, 3.63) is 18.2 Å². The number of carbonyl (C=O) groups is 1. The zero-order valence-corrected chi connectivity index (χ0v) is 11.6. The van der Waals surface area contributed by atoms with Gasteiger partial charge in [0.15, 0.2) is 0 Å². The van der Waals surface area contributed by atoms with E-state index in [1.54, 1.807) is 12.5 Å². The summed E-state index contributed by atoms with van der Waals surface area (Å²) < 4.78 is 29.2. The molecule has 1 atom stereocenters. The molecule has 0 radical (unpaired) electrons. The maximum atomic E-state index is 13.6. The molecule has 1 N–H and O–H groups in total. The summed E-state index contributed by atoms with van der Waals surface area (Å²) in [5.41, 5.74) is 0.821. The molecular weight excluding hydrogens is 268 g/mol. The largest absolute Gasteiger partial charge is 0.481 e. The third kappa shape index (κ3) is 3.33. The van der Waals surface area contributed by atoms with Gasteiger partial charge in [0.1, 0.15) is 0 Å². The zero-order chi connectivity index (χ0) is 14.9. The normalized spacial score (nSPS) is 23.1. The van der Waals surface area contributed by atoms with Crippen LogP contribution < -0.4 is 0 Å². The van der Waals surface area contributed by atoms with Crippen molar-refractivity contribution in [1.29, 1.82) is 0 Å². The molecule has 2 heterocycles. The minimum absolute atomic E-state index is 0.147. The monoisotopic (exact) mass is 287 g/mol. The maximum Gasteiger partial charge on any atom is 0.308 e. The van der Waals surface area contributed by atoms with Crippen LogP contribution in [0.25, 0.3) is 0 Å². The van der Waals surface area contributed by atoms with Gasteiger partial charge in [-0.15, -0.1) is 0 Å². The number of piperidine rings is 1. The Kier molecular flexibility index (Phi) is 4.08. The van der Waals surface area contributed by atoms with Gasteiger partial charge in [0.25, 0.3) is 5.92 Å². The predicted molar refractivity (Wildman–Crippen MR) is 68.6 cm³/mol. The number of carboxylic acid groups (broad SMARTS) is 1. The quantitative estimate of drug-likeness (QED) is 0.920. The lowest BCUT2D eigenvalue weighted by atomic mass is 9.95. The number of carboxylic acids is 1. The van der Waals surface area contributed by atoms with Gasteiger partial charge >= 0.3 is 5.97 Å². The highest BCUT2D eigenvalue weighted by Gasteiger charge is 2.43. The van der Waals surface area contributed by atoms with Gasteiger partial charge in [-0.1, -0.05) is 0 Å². The average molecular weight is 287 g/mol. The summed E-state index contributed by atoms with van der Waals surface area (Å²) in [6, 6.07) is 0.188. The first-order chi connectivity index (χ1) is 9.28. The lowest BCUT2D eigenvalue weighted by Gasteiger charge is -2.36. The third-order valence-corrected chi connectivity index (χ3v) is 3.52. The summed E-state index contributed by atoms with van der Waals surface area (Å²) in [5, 5.41) is 8.98. The molecular formula is C13H19F2N3O2. The van der Waals surface area contributed by atoms with Gasteiger partial charge in [-0.3, -0.25) is 9.69 Å².